The van der Waals surface area contributed by atoms with Gasteiger partial charge in [0, 0.05) is 29.1 Å². The molecule has 2 aromatic carbocycles. The highest BCUT2D eigenvalue weighted by molar-refractivity contribution is 6.07. The lowest BCUT2D eigenvalue weighted by Gasteiger charge is -2.17. The molecular weight excluding hydrogens is 366 g/mol. The quantitative estimate of drug-likeness (QED) is 0.374. The molecule has 0 radical (unpaired) electrons. The first-order valence-corrected chi connectivity index (χ1v) is 10.1. The van der Waals surface area contributed by atoms with Gasteiger partial charge in [-0.15, -0.1) is 0 Å². The van der Waals surface area contributed by atoms with Crippen LogP contribution in [-0.4, -0.2) is 21.9 Å². The van der Waals surface area contributed by atoms with Crippen LogP contribution >= 0.6 is 0 Å². The number of hydrogen-bond donors (Lipinski definition) is 1. The van der Waals surface area contributed by atoms with Gasteiger partial charge in [0.1, 0.15) is 0 Å². The van der Waals surface area contributed by atoms with Gasteiger partial charge in [-0.1, -0.05) is 56.0 Å². The Hall–Kier alpha value is -3.28. The monoisotopic (exact) mass is 389 g/mol. The normalized spacial score (nSPS) is 15.0. The number of carbonyl (C=O) groups is 1. The molecule has 148 valence electrons. The first kappa shape index (κ1) is 19.1. The molecular formula is C23H23N3O3. The number of nitrogens with one attached hydrogen (secondary N) is 1. The van der Waals surface area contributed by atoms with Crippen molar-refractivity contribution in [1.82, 2.24) is 10.3 Å². The molecule has 0 bridgehead atoms. The molecule has 29 heavy (non-hydrogen) atoms. The van der Waals surface area contributed by atoms with E-state index in [0.717, 1.165) is 31.2 Å². The number of amides is 1. The van der Waals surface area contributed by atoms with Gasteiger partial charge in [0.2, 0.25) is 0 Å². The number of aromatic nitrogens is 1. The van der Waals surface area contributed by atoms with Crippen LogP contribution in [0.1, 0.15) is 48.9 Å². The molecule has 1 aliphatic carbocycles. The van der Waals surface area contributed by atoms with Crippen LogP contribution in [0.5, 0.6) is 0 Å². The van der Waals surface area contributed by atoms with Crippen LogP contribution in [0.25, 0.3) is 22.2 Å². The Morgan fingerprint density at radius 3 is 2.41 bits per heavy atom. The van der Waals surface area contributed by atoms with E-state index >= 15 is 0 Å². The Kier molecular flexibility index (Phi) is 5.51. The molecule has 1 N–H and O–H groups in total. The highest BCUT2D eigenvalue weighted by Crippen LogP contribution is 2.28. The predicted molar refractivity (Wildman–Crippen MR) is 113 cm³/mol. The second-order valence-electron chi connectivity index (χ2n) is 7.54. The third kappa shape index (κ3) is 4.26. The summed E-state index contributed by atoms with van der Waals surface area (Å²) in [5, 5.41) is 14.9. The fourth-order valence-electron chi connectivity index (χ4n) is 3.96. The highest BCUT2D eigenvalue weighted by Gasteiger charge is 2.20. The number of rotatable bonds is 4. The number of carbonyl (C=O) groups excluding carboxylic acids is 1. The minimum absolute atomic E-state index is 0.0460. The van der Waals surface area contributed by atoms with E-state index in [1.54, 1.807) is 12.1 Å². The molecule has 1 fully saturated rings. The Morgan fingerprint density at radius 2 is 1.72 bits per heavy atom. The van der Waals surface area contributed by atoms with Crippen LogP contribution < -0.4 is 5.32 Å². The smallest absolute Gasteiger partial charge is 0.270 e. The molecule has 0 aliphatic heterocycles. The zero-order valence-electron chi connectivity index (χ0n) is 16.1. The van der Waals surface area contributed by atoms with Crippen molar-refractivity contribution in [3.63, 3.8) is 0 Å². The van der Waals surface area contributed by atoms with Gasteiger partial charge in [-0.05, 0) is 25.0 Å². The van der Waals surface area contributed by atoms with E-state index in [2.05, 4.69) is 10.3 Å². The third-order valence-electron chi connectivity index (χ3n) is 5.51. The molecule has 6 nitrogen and oxygen atoms in total. The Labute approximate surface area is 169 Å². The fourth-order valence-corrected chi connectivity index (χ4v) is 3.96. The average Bonchev–Trinajstić information content (AvgIpc) is 3.01. The lowest BCUT2D eigenvalue weighted by atomic mass is 10.0. The predicted octanol–water partition coefficient (Wildman–Crippen LogP) is 5.26. The van der Waals surface area contributed by atoms with Crippen molar-refractivity contribution >= 4 is 22.5 Å². The number of non-ortho nitro benzene ring substituents is 1. The molecule has 1 aromatic heterocycles. The molecule has 0 unspecified atom stereocenters. The van der Waals surface area contributed by atoms with Crippen molar-refractivity contribution in [3.8, 4) is 11.3 Å². The Balaban J connectivity index is 1.78. The first-order chi connectivity index (χ1) is 14.1. The van der Waals surface area contributed by atoms with Crippen molar-refractivity contribution in [2.75, 3.05) is 0 Å². The molecule has 1 amide bonds. The number of pyridine rings is 1. The Bertz CT molecular complexity index is 1040. The number of fused-ring (bicyclic) bond motifs is 1. The minimum Gasteiger partial charge on any atom is -0.349 e. The zero-order chi connectivity index (χ0) is 20.2. The molecule has 0 spiro atoms. The summed E-state index contributed by atoms with van der Waals surface area (Å²) in [5.41, 5.74) is 2.54. The number of hydrogen-bond acceptors (Lipinski definition) is 4. The van der Waals surface area contributed by atoms with Gasteiger partial charge in [0.15, 0.2) is 0 Å². The van der Waals surface area contributed by atoms with E-state index in [4.69, 9.17) is 0 Å². The van der Waals surface area contributed by atoms with Crippen molar-refractivity contribution in [1.29, 1.82) is 0 Å². The second-order valence-corrected chi connectivity index (χ2v) is 7.54. The number of nitrogens with zero attached hydrogens (tertiary/aromatic N) is 2. The van der Waals surface area contributed by atoms with Gasteiger partial charge in [-0.3, -0.25) is 14.9 Å². The van der Waals surface area contributed by atoms with E-state index in [9.17, 15) is 14.9 Å². The van der Waals surface area contributed by atoms with Gasteiger partial charge in [0.25, 0.3) is 11.6 Å². The third-order valence-corrected chi connectivity index (χ3v) is 5.51. The Morgan fingerprint density at radius 1 is 1.00 bits per heavy atom. The van der Waals surface area contributed by atoms with Crippen molar-refractivity contribution in [2.24, 2.45) is 0 Å². The maximum atomic E-state index is 13.2. The second kappa shape index (κ2) is 8.39. The molecule has 6 heteroatoms. The fraction of sp³-hybridized carbons (Fsp3) is 0.304. The largest absolute Gasteiger partial charge is 0.349 e. The maximum absolute atomic E-state index is 13.2. The van der Waals surface area contributed by atoms with E-state index in [-0.39, 0.29) is 17.6 Å². The number of benzene rings is 2. The van der Waals surface area contributed by atoms with Crippen LogP contribution in [-0.2, 0) is 0 Å². The molecule has 3 aromatic rings. The van der Waals surface area contributed by atoms with Gasteiger partial charge in [-0.2, -0.15) is 0 Å². The molecule has 0 saturated heterocycles. The van der Waals surface area contributed by atoms with E-state index in [1.165, 1.54) is 25.0 Å². The topological polar surface area (TPSA) is 85.1 Å². The summed E-state index contributed by atoms with van der Waals surface area (Å²) >= 11 is 0. The van der Waals surface area contributed by atoms with Gasteiger partial charge >= 0.3 is 0 Å². The highest BCUT2D eigenvalue weighted by atomic mass is 16.6. The molecule has 4 rings (SSSR count). The lowest BCUT2D eigenvalue weighted by Crippen LogP contribution is -2.34. The summed E-state index contributed by atoms with van der Waals surface area (Å²) in [6, 6.07) is 16.0. The molecule has 1 heterocycles. The SMILES string of the molecule is O=C(NC1CCCCCC1)c1cc(-c2ccccc2)nc2ccc([N+](=O)[O-])cc12. The van der Waals surface area contributed by atoms with E-state index in [1.807, 2.05) is 30.3 Å². The van der Waals surface area contributed by atoms with Crippen LogP contribution in [0.15, 0.2) is 54.6 Å². The zero-order valence-corrected chi connectivity index (χ0v) is 16.1. The summed E-state index contributed by atoms with van der Waals surface area (Å²) < 4.78 is 0. The minimum atomic E-state index is -0.447. The van der Waals surface area contributed by atoms with Gasteiger partial charge in [-0.25, -0.2) is 4.98 Å². The van der Waals surface area contributed by atoms with Crippen LogP contribution in [0.2, 0.25) is 0 Å². The van der Waals surface area contributed by atoms with E-state index < -0.39 is 4.92 Å². The van der Waals surface area contributed by atoms with Crippen LogP contribution in [0.3, 0.4) is 0 Å². The average molecular weight is 389 g/mol. The van der Waals surface area contributed by atoms with Gasteiger partial charge < -0.3 is 5.32 Å². The van der Waals surface area contributed by atoms with Crippen LogP contribution in [0, 0.1) is 10.1 Å². The molecule has 1 aliphatic rings. The maximum Gasteiger partial charge on any atom is 0.270 e. The van der Waals surface area contributed by atoms with Crippen LogP contribution in [0.4, 0.5) is 5.69 Å². The van der Waals surface area contributed by atoms with E-state index in [0.29, 0.717) is 22.2 Å². The van der Waals surface area contributed by atoms with Crippen molar-refractivity contribution in [2.45, 2.75) is 44.6 Å². The standard InChI is InChI=1S/C23H23N3O3/c27-23(24-17-10-6-1-2-7-11-17)20-15-22(16-8-4-3-5-9-16)25-21-13-12-18(26(28)29)14-19(20)21/h3-5,8-9,12-15,17H,1-2,6-7,10-11H2,(H,24,27). The number of nitro benzene ring substituents is 1. The summed E-state index contributed by atoms with van der Waals surface area (Å²) in [7, 11) is 0. The summed E-state index contributed by atoms with van der Waals surface area (Å²) in [5.74, 6) is -0.193. The number of nitro groups is 1. The first-order valence-electron chi connectivity index (χ1n) is 10.1. The van der Waals surface area contributed by atoms with Crippen molar-refractivity contribution in [3.05, 3.63) is 70.3 Å². The summed E-state index contributed by atoms with van der Waals surface area (Å²) in [6.45, 7) is 0. The summed E-state index contributed by atoms with van der Waals surface area (Å²) in [4.78, 5) is 28.7. The van der Waals surface area contributed by atoms with Crippen molar-refractivity contribution < 1.29 is 9.72 Å². The summed E-state index contributed by atoms with van der Waals surface area (Å²) in [6.07, 6.45) is 6.58. The van der Waals surface area contributed by atoms with Gasteiger partial charge in [0.05, 0.1) is 21.7 Å². The lowest BCUT2D eigenvalue weighted by molar-refractivity contribution is -0.384. The molecule has 0 atom stereocenters. The molecule has 1 saturated carbocycles.